The molecule has 0 aromatic carbocycles. The fraction of sp³-hybridized carbons (Fsp3) is 0.286. The standard InChI is InChI=1S/C14H16N4OS2/c15-9(8-19)4-11-5-12-14(21-11)13(7-17-18-12)16-6-10-2-1-3-20-10/h1-3,5,7,9,19H,4,6,8,15H2,(H,16,18)/t9-/m1/s1. The minimum absolute atomic E-state index is 0.0105. The molecule has 0 aliphatic carbocycles. The highest BCUT2D eigenvalue weighted by molar-refractivity contribution is 7.19. The molecule has 5 nitrogen and oxygen atoms in total. The Balaban J connectivity index is 1.81. The molecule has 1 atom stereocenters. The van der Waals surface area contributed by atoms with E-state index < -0.39 is 0 Å². The molecule has 0 saturated carbocycles. The fourth-order valence-electron chi connectivity index (χ4n) is 2.05. The summed E-state index contributed by atoms with van der Waals surface area (Å²) in [5.74, 6) is 0. The SMILES string of the molecule is N[C@@H](CO)Cc1cc2nncc(NCc3cccs3)c2s1. The minimum atomic E-state index is -0.228. The van der Waals surface area contributed by atoms with Gasteiger partial charge in [0.15, 0.2) is 0 Å². The van der Waals surface area contributed by atoms with E-state index in [0.717, 1.165) is 27.3 Å². The van der Waals surface area contributed by atoms with Crippen molar-refractivity contribution in [1.82, 2.24) is 10.2 Å². The van der Waals surface area contributed by atoms with Crippen molar-refractivity contribution in [2.75, 3.05) is 11.9 Å². The van der Waals surface area contributed by atoms with Crippen molar-refractivity contribution in [2.45, 2.75) is 19.0 Å². The number of nitrogens with zero attached hydrogens (tertiary/aromatic N) is 2. The van der Waals surface area contributed by atoms with Gasteiger partial charge in [0.05, 0.1) is 23.2 Å². The Labute approximate surface area is 130 Å². The number of hydrogen-bond acceptors (Lipinski definition) is 7. The molecule has 0 aliphatic heterocycles. The zero-order valence-corrected chi connectivity index (χ0v) is 13.0. The van der Waals surface area contributed by atoms with Crippen LogP contribution in [0.5, 0.6) is 0 Å². The average molecular weight is 320 g/mol. The molecular formula is C14H16N4OS2. The van der Waals surface area contributed by atoms with Gasteiger partial charge in [-0.05, 0) is 23.9 Å². The molecule has 7 heteroatoms. The van der Waals surface area contributed by atoms with Gasteiger partial charge in [-0.2, -0.15) is 5.10 Å². The molecule has 0 saturated heterocycles. The van der Waals surface area contributed by atoms with Gasteiger partial charge < -0.3 is 16.2 Å². The van der Waals surface area contributed by atoms with E-state index in [4.69, 9.17) is 10.8 Å². The zero-order chi connectivity index (χ0) is 14.7. The molecule has 3 rings (SSSR count). The molecule has 3 heterocycles. The third-order valence-electron chi connectivity index (χ3n) is 3.09. The number of aliphatic hydroxyl groups is 1. The molecule has 0 unspecified atom stereocenters. The van der Waals surface area contributed by atoms with Crippen LogP contribution in [0.3, 0.4) is 0 Å². The van der Waals surface area contributed by atoms with E-state index in [0.29, 0.717) is 6.42 Å². The van der Waals surface area contributed by atoms with Crippen LogP contribution in [-0.2, 0) is 13.0 Å². The monoisotopic (exact) mass is 320 g/mol. The lowest BCUT2D eigenvalue weighted by molar-refractivity contribution is 0.266. The lowest BCUT2D eigenvalue weighted by atomic mass is 10.2. The Kier molecular flexibility index (Phi) is 4.45. The Hall–Kier alpha value is -1.54. The second-order valence-corrected chi connectivity index (χ2v) is 6.93. The molecule has 0 radical (unpaired) electrons. The highest BCUT2D eigenvalue weighted by atomic mass is 32.1. The quantitative estimate of drug-likeness (QED) is 0.648. The Morgan fingerprint density at radius 2 is 2.29 bits per heavy atom. The average Bonchev–Trinajstić information content (AvgIpc) is 3.13. The summed E-state index contributed by atoms with van der Waals surface area (Å²) < 4.78 is 1.08. The van der Waals surface area contributed by atoms with Gasteiger partial charge in [-0.3, -0.25) is 0 Å². The highest BCUT2D eigenvalue weighted by Crippen LogP contribution is 2.30. The van der Waals surface area contributed by atoms with E-state index in [-0.39, 0.29) is 12.6 Å². The van der Waals surface area contributed by atoms with Crippen LogP contribution in [0.15, 0.2) is 29.8 Å². The molecule has 4 N–H and O–H groups in total. The largest absolute Gasteiger partial charge is 0.395 e. The van der Waals surface area contributed by atoms with Crippen LogP contribution in [0.2, 0.25) is 0 Å². The Morgan fingerprint density at radius 1 is 1.38 bits per heavy atom. The maximum absolute atomic E-state index is 9.06. The first-order valence-electron chi connectivity index (χ1n) is 6.63. The summed E-state index contributed by atoms with van der Waals surface area (Å²) in [4.78, 5) is 2.39. The van der Waals surface area contributed by atoms with Gasteiger partial charge in [0.25, 0.3) is 0 Å². The molecular weight excluding hydrogens is 304 g/mol. The summed E-state index contributed by atoms with van der Waals surface area (Å²) in [6.07, 6.45) is 2.41. The first-order valence-corrected chi connectivity index (χ1v) is 8.32. The highest BCUT2D eigenvalue weighted by Gasteiger charge is 2.11. The number of aliphatic hydroxyl groups excluding tert-OH is 1. The predicted octanol–water partition coefficient (Wildman–Crippen LogP) is 2.23. The molecule has 110 valence electrons. The number of nitrogens with one attached hydrogen (secondary N) is 1. The summed E-state index contributed by atoms with van der Waals surface area (Å²) in [7, 11) is 0. The van der Waals surface area contributed by atoms with Crippen LogP contribution < -0.4 is 11.1 Å². The van der Waals surface area contributed by atoms with E-state index >= 15 is 0 Å². The van der Waals surface area contributed by atoms with Crippen molar-refractivity contribution in [1.29, 1.82) is 0 Å². The van der Waals surface area contributed by atoms with E-state index in [1.165, 1.54) is 4.88 Å². The molecule has 0 bridgehead atoms. The lowest BCUT2D eigenvalue weighted by Gasteiger charge is -2.05. The topological polar surface area (TPSA) is 84.1 Å². The maximum atomic E-state index is 9.06. The molecule has 0 spiro atoms. The molecule has 0 aliphatic rings. The van der Waals surface area contributed by atoms with Crippen LogP contribution >= 0.6 is 22.7 Å². The number of nitrogens with two attached hydrogens (primary N) is 1. The second-order valence-electron chi connectivity index (χ2n) is 4.77. The van der Waals surface area contributed by atoms with Crippen molar-refractivity contribution in [2.24, 2.45) is 5.73 Å². The van der Waals surface area contributed by atoms with Gasteiger partial charge in [-0.15, -0.1) is 27.8 Å². The summed E-state index contributed by atoms with van der Waals surface area (Å²) in [5, 5.41) is 22.7. The number of rotatable bonds is 6. The summed E-state index contributed by atoms with van der Waals surface area (Å²) in [6.45, 7) is 0.769. The first-order chi connectivity index (χ1) is 10.3. The van der Waals surface area contributed by atoms with E-state index in [9.17, 15) is 0 Å². The van der Waals surface area contributed by atoms with Crippen LogP contribution in [-0.4, -0.2) is 28.0 Å². The van der Waals surface area contributed by atoms with Gasteiger partial charge in [0, 0.05) is 22.3 Å². The normalized spacial score (nSPS) is 12.7. The van der Waals surface area contributed by atoms with Crippen LogP contribution in [0.4, 0.5) is 5.69 Å². The first kappa shape index (κ1) is 14.4. The Morgan fingerprint density at radius 3 is 3.05 bits per heavy atom. The molecule has 21 heavy (non-hydrogen) atoms. The predicted molar refractivity (Wildman–Crippen MR) is 87.8 cm³/mol. The van der Waals surface area contributed by atoms with Gasteiger partial charge >= 0.3 is 0 Å². The van der Waals surface area contributed by atoms with Crippen molar-refractivity contribution in [3.8, 4) is 0 Å². The van der Waals surface area contributed by atoms with E-state index in [1.54, 1.807) is 28.9 Å². The lowest BCUT2D eigenvalue weighted by Crippen LogP contribution is -2.26. The van der Waals surface area contributed by atoms with Crippen molar-refractivity contribution in [3.05, 3.63) is 39.5 Å². The summed E-state index contributed by atoms with van der Waals surface area (Å²) in [6, 6.07) is 5.91. The summed E-state index contributed by atoms with van der Waals surface area (Å²) in [5.41, 5.74) is 7.65. The fourth-order valence-corrected chi connectivity index (χ4v) is 3.86. The smallest absolute Gasteiger partial charge is 0.106 e. The number of anilines is 1. The Bertz CT molecular complexity index is 711. The van der Waals surface area contributed by atoms with Crippen molar-refractivity contribution < 1.29 is 5.11 Å². The number of hydrogen-bond donors (Lipinski definition) is 3. The second kappa shape index (κ2) is 6.48. The number of fused-ring (bicyclic) bond motifs is 1. The summed E-state index contributed by atoms with van der Waals surface area (Å²) >= 11 is 3.38. The van der Waals surface area contributed by atoms with Gasteiger partial charge in [0.2, 0.25) is 0 Å². The van der Waals surface area contributed by atoms with Gasteiger partial charge in [0.1, 0.15) is 5.52 Å². The third kappa shape index (κ3) is 3.38. The van der Waals surface area contributed by atoms with Crippen LogP contribution in [0, 0.1) is 0 Å². The van der Waals surface area contributed by atoms with E-state index in [1.807, 2.05) is 12.1 Å². The number of thiophene rings is 2. The van der Waals surface area contributed by atoms with Gasteiger partial charge in [-0.25, -0.2) is 0 Å². The van der Waals surface area contributed by atoms with Crippen molar-refractivity contribution in [3.63, 3.8) is 0 Å². The molecule has 0 fully saturated rings. The van der Waals surface area contributed by atoms with Crippen LogP contribution in [0.1, 0.15) is 9.75 Å². The minimum Gasteiger partial charge on any atom is -0.395 e. The molecule has 0 amide bonds. The van der Waals surface area contributed by atoms with E-state index in [2.05, 4.69) is 27.0 Å². The van der Waals surface area contributed by atoms with Gasteiger partial charge in [-0.1, -0.05) is 6.07 Å². The molecule has 3 aromatic rings. The maximum Gasteiger partial charge on any atom is 0.106 e. The number of aromatic nitrogens is 2. The zero-order valence-electron chi connectivity index (χ0n) is 11.3. The van der Waals surface area contributed by atoms with Crippen molar-refractivity contribution >= 4 is 38.6 Å². The third-order valence-corrected chi connectivity index (χ3v) is 5.15. The molecule has 3 aromatic heterocycles. The van der Waals surface area contributed by atoms with Crippen LogP contribution in [0.25, 0.3) is 10.2 Å².